The SMILES string of the molecule is COC(=O)NC(C(=O)N1CCCC1C(=O)Nc1ccc2cc(-c3cnc(NC(=O)C4CCCN4C(=O)C(NC(=O)OC)C(C)C)nc3)ccc2c1)C(C)C. The van der Waals surface area contributed by atoms with Crippen LogP contribution in [0.5, 0.6) is 0 Å². The number of fused-ring (bicyclic) bond motifs is 1. The van der Waals surface area contributed by atoms with Crippen LogP contribution in [0.1, 0.15) is 53.4 Å². The number of amides is 6. The fourth-order valence-corrected chi connectivity index (χ4v) is 6.83. The quantitative estimate of drug-likeness (QED) is 0.223. The van der Waals surface area contributed by atoms with Crippen molar-refractivity contribution in [2.24, 2.45) is 11.8 Å². The predicted octanol–water partition coefficient (Wildman–Crippen LogP) is 3.92. The second-order valence-corrected chi connectivity index (χ2v) is 14.1. The van der Waals surface area contributed by atoms with E-state index in [0.717, 1.165) is 16.3 Å². The van der Waals surface area contributed by atoms with Gasteiger partial charge in [0.25, 0.3) is 0 Å². The number of nitrogens with one attached hydrogen (secondary N) is 4. The van der Waals surface area contributed by atoms with Gasteiger partial charge in [0.05, 0.1) is 14.2 Å². The molecule has 2 aromatic carbocycles. The molecular formula is C38H48N8O8. The normalized spacial score (nSPS) is 17.9. The Bertz CT molecular complexity index is 1880. The Kier molecular flexibility index (Phi) is 12.7. The highest BCUT2D eigenvalue weighted by atomic mass is 16.5. The maximum Gasteiger partial charge on any atom is 0.407 e. The van der Waals surface area contributed by atoms with Crippen molar-refractivity contribution in [3.05, 3.63) is 48.8 Å². The van der Waals surface area contributed by atoms with Gasteiger partial charge in [-0.3, -0.25) is 24.5 Å². The molecule has 2 aliphatic heterocycles. The molecule has 3 heterocycles. The molecular weight excluding hydrogens is 696 g/mol. The van der Waals surface area contributed by atoms with Crippen LogP contribution in [-0.2, 0) is 28.7 Å². The zero-order chi connectivity index (χ0) is 39.1. The molecule has 54 heavy (non-hydrogen) atoms. The number of alkyl carbamates (subject to hydrolysis) is 2. The number of aromatic nitrogens is 2. The summed E-state index contributed by atoms with van der Waals surface area (Å²) in [5.41, 5.74) is 2.13. The summed E-state index contributed by atoms with van der Waals surface area (Å²) in [6.07, 6.45) is 4.07. The third-order valence-corrected chi connectivity index (χ3v) is 9.79. The van der Waals surface area contributed by atoms with E-state index in [0.29, 0.717) is 50.0 Å². The summed E-state index contributed by atoms with van der Waals surface area (Å²) in [6.45, 7) is 8.05. The highest BCUT2D eigenvalue weighted by Gasteiger charge is 2.40. The number of likely N-dealkylation sites (tertiary alicyclic amines) is 2. The lowest BCUT2D eigenvalue weighted by molar-refractivity contribution is -0.139. The van der Waals surface area contributed by atoms with Crippen LogP contribution < -0.4 is 21.3 Å². The summed E-state index contributed by atoms with van der Waals surface area (Å²) >= 11 is 0. The van der Waals surface area contributed by atoms with Crippen LogP contribution in [0.2, 0.25) is 0 Å². The average molecular weight is 745 g/mol. The van der Waals surface area contributed by atoms with Gasteiger partial charge in [-0.2, -0.15) is 0 Å². The molecule has 4 N–H and O–H groups in total. The molecule has 3 aromatic rings. The number of anilines is 2. The molecule has 0 bridgehead atoms. The van der Waals surface area contributed by atoms with Gasteiger partial charge in [0.15, 0.2) is 0 Å². The van der Waals surface area contributed by atoms with Crippen molar-refractivity contribution in [2.45, 2.75) is 77.5 Å². The average Bonchev–Trinajstić information content (AvgIpc) is 3.86. The molecule has 2 saturated heterocycles. The first-order chi connectivity index (χ1) is 25.8. The van der Waals surface area contributed by atoms with Crippen LogP contribution in [0, 0.1) is 11.8 Å². The molecule has 288 valence electrons. The standard InChI is InChI=1S/C38H48N8O8/c1-21(2)30(42-37(51)53-5)34(49)45-15-7-9-28(45)32(47)41-27-14-13-23-17-24(11-12-25(23)18-27)26-19-39-36(40-20-26)44-33(48)29-10-8-16-46(29)35(50)31(22(3)4)43-38(52)54-6/h11-14,17-22,28-31H,7-10,15-16H2,1-6H3,(H,41,47)(H,42,51)(H,43,52)(H,39,40,44,48). The van der Waals surface area contributed by atoms with E-state index in [9.17, 15) is 28.8 Å². The molecule has 0 aliphatic carbocycles. The van der Waals surface area contributed by atoms with Crippen molar-refractivity contribution in [3.63, 3.8) is 0 Å². The number of carbonyl (C=O) groups excluding carboxylic acids is 6. The summed E-state index contributed by atoms with van der Waals surface area (Å²) in [4.78, 5) is 88.8. The van der Waals surface area contributed by atoms with Crippen LogP contribution in [0.3, 0.4) is 0 Å². The van der Waals surface area contributed by atoms with Crippen LogP contribution in [0.25, 0.3) is 21.9 Å². The second-order valence-electron chi connectivity index (χ2n) is 14.1. The summed E-state index contributed by atoms with van der Waals surface area (Å²) in [5, 5.41) is 12.6. The number of carbonyl (C=O) groups is 6. The van der Waals surface area contributed by atoms with Gasteiger partial charge in [-0.05, 0) is 72.1 Å². The predicted molar refractivity (Wildman–Crippen MR) is 200 cm³/mol. The van der Waals surface area contributed by atoms with Crippen molar-refractivity contribution in [1.29, 1.82) is 0 Å². The number of rotatable bonds is 11. The van der Waals surface area contributed by atoms with Gasteiger partial charge in [-0.15, -0.1) is 0 Å². The summed E-state index contributed by atoms with van der Waals surface area (Å²) in [5.74, 6) is -1.71. The van der Waals surface area contributed by atoms with E-state index in [1.54, 1.807) is 32.3 Å². The van der Waals surface area contributed by atoms with Crippen molar-refractivity contribution in [2.75, 3.05) is 37.9 Å². The third kappa shape index (κ3) is 9.04. The summed E-state index contributed by atoms with van der Waals surface area (Å²) < 4.78 is 9.36. The van der Waals surface area contributed by atoms with Gasteiger partial charge in [0.1, 0.15) is 24.2 Å². The summed E-state index contributed by atoms with van der Waals surface area (Å²) in [6, 6.07) is 8.26. The lowest BCUT2D eigenvalue weighted by atomic mass is 10.0. The molecule has 4 atom stereocenters. The van der Waals surface area contributed by atoms with Crippen molar-refractivity contribution < 1.29 is 38.2 Å². The first kappa shape index (κ1) is 39.4. The summed E-state index contributed by atoms with van der Waals surface area (Å²) in [7, 11) is 2.46. The second kappa shape index (κ2) is 17.4. The van der Waals surface area contributed by atoms with Gasteiger partial charge in [-0.25, -0.2) is 19.6 Å². The lowest BCUT2D eigenvalue weighted by Gasteiger charge is -2.30. The van der Waals surface area contributed by atoms with Gasteiger partial charge in [0.2, 0.25) is 29.6 Å². The molecule has 6 amide bonds. The van der Waals surface area contributed by atoms with E-state index in [4.69, 9.17) is 0 Å². The van der Waals surface area contributed by atoms with E-state index in [1.807, 2.05) is 44.2 Å². The zero-order valence-electron chi connectivity index (χ0n) is 31.4. The number of benzene rings is 2. The van der Waals surface area contributed by atoms with E-state index < -0.39 is 42.3 Å². The van der Waals surface area contributed by atoms with Crippen LogP contribution >= 0.6 is 0 Å². The van der Waals surface area contributed by atoms with E-state index >= 15 is 0 Å². The molecule has 16 nitrogen and oxygen atoms in total. The fraction of sp³-hybridized carbons (Fsp3) is 0.474. The maximum atomic E-state index is 13.4. The van der Waals surface area contributed by atoms with Gasteiger partial charge < -0.3 is 35.2 Å². The Morgan fingerprint density at radius 1 is 0.667 bits per heavy atom. The molecule has 4 unspecified atom stereocenters. The number of methoxy groups -OCH3 is 2. The Hall–Kier alpha value is -5.80. The maximum absolute atomic E-state index is 13.4. The fourth-order valence-electron chi connectivity index (χ4n) is 6.83. The van der Waals surface area contributed by atoms with E-state index in [-0.39, 0.29) is 35.5 Å². The first-order valence-electron chi connectivity index (χ1n) is 18.1. The van der Waals surface area contributed by atoms with Crippen molar-refractivity contribution in [1.82, 2.24) is 30.4 Å². The minimum Gasteiger partial charge on any atom is -0.453 e. The molecule has 16 heteroatoms. The molecule has 0 radical (unpaired) electrons. The largest absolute Gasteiger partial charge is 0.453 e. The first-order valence-corrected chi connectivity index (χ1v) is 18.1. The van der Waals surface area contributed by atoms with Crippen LogP contribution in [0.4, 0.5) is 21.2 Å². The Labute approximate surface area is 313 Å². The van der Waals surface area contributed by atoms with E-state index in [2.05, 4.69) is 40.7 Å². The Morgan fingerprint density at radius 3 is 1.65 bits per heavy atom. The number of nitrogens with zero attached hydrogens (tertiary/aromatic N) is 4. The Balaban J connectivity index is 1.21. The lowest BCUT2D eigenvalue weighted by Crippen LogP contribution is -2.54. The number of hydrogen-bond acceptors (Lipinski definition) is 10. The molecule has 2 aliphatic rings. The highest BCUT2D eigenvalue weighted by Crippen LogP contribution is 2.28. The third-order valence-electron chi connectivity index (χ3n) is 9.79. The Morgan fingerprint density at radius 2 is 1.15 bits per heavy atom. The molecule has 0 saturated carbocycles. The highest BCUT2D eigenvalue weighted by molar-refractivity contribution is 6.01. The number of ether oxygens (including phenoxy) is 2. The van der Waals surface area contributed by atoms with E-state index in [1.165, 1.54) is 24.0 Å². The van der Waals surface area contributed by atoms with Gasteiger partial charge in [-0.1, -0.05) is 45.9 Å². The molecule has 1 aromatic heterocycles. The van der Waals surface area contributed by atoms with Crippen LogP contribution in [0.15, 0.2) is 48.8 Å². The smallest absolute Gasteiger partial charge is 0.407 e. The van der Waals surface area contributed by atoms with Crippen LogP contribution in [-0.4, -0.2) is 107 Å². The molecule has 0 spiro atoms. The van der Waals surface area contributed by atoms with Crippen molar-refractivity contribution in [3.8, 4) is 11.1 Å². The monoisotopic (exact) mass is 744 g/mol. The van der Waals surface area contributed by atoms with Gasteiger partial charge in [0, 0.05) is 36.7 Å². The molecule has 5 rings (SSSR count). The van der Waals surface area contributed by atoms with Crippen molar-refractivity contribution >= 4 is 58.2 Å². The number of hydrogen-bond donors (Lipinski definition) is 4. The minimum absolute atomic E-state index is 0.0966. The van der Waals surface area contributed by atoms with Gasteiger partial charge >= 0.3 is 12.2 Å². The minimum atomic E-state index is -0.837. The molecule has 2 fully saturated rings. The zero-order valence-corrected chi connectivity index (χ0v) is 31.4. The topological polar surface area (TPSA) is 201 Å².